The van der Waals surface area contributed by atoms with Gasteiger partial charge in [0.25, 0.3) is 0 Å². The van der Waals surface area contributed by atoms with E-state index >= 15 is 0 Å². The van der Waals surface area contributed by atoms with Crippen molar-refractivity contribution in [2.75, 3.05) is 14.2 Å². The van der Waals surface area contributed by atoms with Crippen molar-refractivity contribution >= 4 is 17.1 Å². The van der Waals surface area contributed by atoms with Gasteiger partial charge < -0.3 is 9.47 Å². The summed E-state index contributed by atoms with van der Waals surface area (Å²) in [6.45, 7) is 0. The summed E-state index contributed by atoms with van der Waals surface area (Å²) >= 11 is 1.58. The monoisotopic (exact) mass is 262 g/mol. The second kappa shape index (κ2) is 5.69. The summed E-state index contributed by atoms with van der Waals surface area (Å²) in [5.74, 6) is 1.32. The van der Waals surface area contributed by atoms with E-state index in [-0.39, 0.29) is 5.78 Å². The molecule has 0 N–H and O–H groups in total. The lowest BCUT2D eigenvalue weighted by Crippen LogP contribution is -2.03. The quantitative estimate of drug-likeness (QED) is 0.776. The van der Waals surface area contributed by atoms with E-state index in [1.54, 1.807) is 43.8 Å². The molecule has 0 saturated heterocycles. The Bertz CT molecular complexity index is 510. The van der Waals surface area contributed by atoms with Crippen molar-refractivity contribution in [2.45, 2.75) is 6.42 Å². The molecule has 1 aromatic heterocycles. The normalized spacial score (nSPS) is 10.1. The van der Waals surface area contributed by atoms with Gasteiger partial charge in [-0.05, 0) is 23.6 Å². The summed E-state index contributed by atoms with van der Waals surface area (Å²) in [5.41, 5.74) is 0.611. The molecule has 18 heavy (non-hydrogen) atoms. The predicted molar refractivity (Wildman–Crippen MR) is 71.9 cm³/mol. The highest BCUT2D eigenvalue weighted by Crippen LogP contribution is 2.24. The summed E-state index contributed by atoms with van der Waals surface area (Å²) in [7, 11) is 3.14. The van der Waals surface area contributed by atoms with Crippen LogP contribution in [-0.2, 0) is 6.42 Å². The fraction of sp³-hybridized carbons (Fsp3) is 0.214. The second-order valence-corrected chi connectivity index (χ2v) is 4.81. The van der Waals surface area contributed by atoms with Gasteiger partial charge in [0.15, 0.2) is 5.78 Å². The average molecular weight is 262 g/mol. The van der Waals surface area contributed by atoms with Crippen LogP contribution in [0, 0.1) is 0 Å². The third-order valence-electron chi connectivity index (χ3n) is 2.59. The number of hydrogen-bond acceptors (Lipinski definition) is 4. The van der Waals surface area contributed by atoms with Crippen molar-refractivity contribution in [1.82, 2.24) is 0 Å². The van der Waals surface area contributed by atoms with Gasteiger partial charge in [0, 0.05) is 22.9 Å². The maximum Gasteiger partial charge on any atom is 0.168 e. The number of hydrogen-bond donors (Lipinski definition) is 0. The summed E-state index contributed by atoms with van der Waals surface area (Å²) < 4.78 is 10.3. The largest absolute Gasteiger partial charge is 0.497 e. The van der Waals surface area contributed by atoms with Gasteiger partial charge in [-0.1, -0.05) is 6.07 Å². The number of carbonyl (C=O) groups excluding carboxylic acids is 1. The summed E-state index contributed by atoms with van der Waals surface area (Å²) in [6.07, 6.45) is 0.411. The molecule has 94 valence electrons. The highest BCUT2D eigenvalue weighted by Gasteiger charge is 2.11. The zero-order valence-electron chi connectivity index (χ0n) is 10.3. The van der Waals surface area contributed by atoms with Gasteiger partial charge in [0.2, 0.25) is 0 Å². The van der Waals surface area contributed by atoms with Gasteiger partial charge in [0.1, 0.15) is 11.5 Å². The molecule has 4 heteroatoms. The fourth-order valence-electron chi connectivity index (χ4n) is 1.64. The lowest BCUT2D eigenvalue weighted by atomic mass is 10.1. The molecule has 0 aliphatic rings. The van der Waals surface area contributed by atoms with Crippen molar-refractivity contribution in [2.24, 2.45) is 0 Å². The van der Waals surface area contributed by atoms with Crippen LogP contribution in [0.1, 0.15) is 15.2 Å². The Balaban J connectivity index is 2.23. The van der Waals surface area contributed by atoms with Crippen LogP contribution in [-0.4, -0.2) is 20.0 Å². The van der Waals surface area contributed by atoms with E-state index in [1.165, 1.54) is 0 Å². The Morgan fingerprint density at radius 1 is 1.17 bits per heavy atom. The fourth-order valence-corrected chi connectivity index (χ4v) is 2.35. The van der Waals surface area contributed by atoms with Crippen LogP contribution in [0.25, 0.3) is 0 Å². The number of benzene rings is 1. The van der Waals surface area contributed by atoms with Crippen LogP contribution in [0.4, 0.5) is 0 Å². The van der Waals surface area contributed by atoms with Crippen molar-refractivity contribution < 1.29 is 14.3 Å². The molecule has 0 fully saturated rings. The molecule has 0 spiro atoms. The molecule has 3 nitrogen and oxygen atoms in total. The third kappa shape index (κ3) is 2.90. The van der Waals surface area contributed by atoms with Gasteiger partial charge in [-0.15, -0.1) is 11.3 Å². The SMILES string of the molecule is COc1cc(OC)cc(C(=O)Cc2cccs2)c1. The Hall–Kier alpha value is -1.81. The minimum absolute atomic E-state index is 0.0645. The Kier molecular flexibility index (Phi) is 3.99. The van der Waals surface area contributed by atoms with E-state index in [1.807, 2.05) is 17.5 Å². The molecule has 0 aliphatic carbocycles. The Morgan fingerprint density at radius 3 is 2.33 bits per heavy atom. The van der Waals surface area contributed by atoms with E-state index in [2.05, 4.69) is 0 Å². The minimum Gasteiger partial charge on any atom is -0.497 e. The lowest BCUT2D eigenvalue weighted by Gasteiger charge is -2.07. The molecule has 1 heterocycles. The van der Waals surface area contributed by atoms with Crippen LogP contribution in [0.15, 0.2) is 35.7 Å². The molecule has 1 aromatic carbocycles. The smallest absolute Gasteiger partial charge is 0.168 e. The number of rotatable bonds is 5. The van der Waals surface area contributed by atoms with Crippen molar-refractivity contribution in [3.8, 4) is 11.5 Å². The van der Waals surface area contributed by atoms with Gasteiger partial charge in [-0.25, -0.2) is 0 Å². The van der Waals surface area contributed by atoms with E-state index in [4.69, 9.17) is 9.47 Å². The van der Waals surface area contributed by atoms with E-state index in [0.717, 1.165) is 4.88 Å². The molecular weight excluding hydrogens is 248 g/mol. The van der Waals surface area contributed by atoms with Crippen LogP contribution in [0.2, 0.25) is 0 Å². The minimum atomic E-state index is 0.0645. The summed E-state index contributed by atoms with van der Waals surface area (Å²) in [5, 5.41) is 1.97. The van der Waals surface area contributed by atoms with Crippen LogP contribution >= 0.6 is 11.3 Å². The Labute approximate surface area is 110 Å². The number of ketones is 1. The maximum atomic E-state index is 12.1. The number of methoxy groups -OCH3 is 2. The second-order valence-electron chi connectivity index (χ2n) is 3.78. The molecule has 0 atom stereocenters. The first kappa shape index (κ1) is 12.6. The molecule has 0 aliphatic heterocycles. The molecule has 0 saturated carbocycles. The van der Waals surface area contributed by atoms with Crippen LogP contribution in [0.3, 0.4) is 0 Å². The summed E-state index contributed by atoms with van der Waals surface area (Å²) in [4.78, 5) is 13.2. The average Bonchev–Trinajstić information content (AvgIpc) is 2.90. The van der Waals surface area contributed by atoms with E-state index < -0.39 is 0 Å². The van der Waals surface area contributed by atoms with Crippen molar-refractivity contribution in [3.63, 3.8) is 0 Å². The highest BCUT2D eigenvalue weighted by molar-refractivity contribution is 7.10. The van der Waals surface area contributed by atoms with Crippen molar-refractivity contribution in [3.05, 3.63) is 46.2 Å². The first-order valence-electron chi connectivity index (χ1n) is 5.51. The zero-order chi connectivity index (χ0) is 13.0. The molecule has 0 radical (unpaired) electrons. The molecule has 2 rings (SSSR count). The van der Waals surface area contributed by atoms with E-state index in [0.29, 0.717) is 23.5 Å². The summed E-state index contributed by atoms with van der Waals surface area (Å²) in [6, 6.07) is 9.12. The molecule has 0 unspecified atom stereocenters. The Morgan fingerprint density at radius 2 is 1.83 bits per heavy atom. The van der Waals surface area contributed by atoms with Gasteiger partial charge >= 0.3 is 0 Å². The van der Waals surface area contributed by atoms with E-state index in [9.17, 15) is 4.79 Å². The zero-order valence-corrected chi connectivity index (χ0v) is 11.1. The van der Waals surface area contributed by atoms with Gasteiger partial charge in [-0.3, -0.25) is 4.79 Å². The number of ether oxygens (including phenoxy) is 2. The van der Waals surface area contributed by atoms with Gasteiger partial charge in [0.05, 0.1) is 14.2 Å². The molecule has 0 amide bonds. The first-order valence-corrected chi connectivity index (χ1v) is 6.39. The first-order chi connectivity index (χ1) is 8.72. The topological polar surface area (TPSA) is 35.5 Å². The standard InChI is InChI=1S/C14H14O3S/c1-16-11-6-10(7-12(8-11)17-2)14(15)9-13-4-3-5-18-13/h3-8H,9H2,1-2H3. The van der Waals surface area contributed by atoms with Gasteiger partial charge in [-0.2, -0.15) is 0 Å². The molecule has 2 aromatic rings. The van der Waals surface area contributed by atoms with Crippen molar-refractivity contribution in [1.29, 1.82) is 0 Å². The highest BCUT2D eigenvalue weighted by atomic mass is 32.1. The predicted octanol–water partition coefficient (Wildman–Crippen LogP) is 3.19. The molecule has 0 bridgehead atoms. The number of carbonyl (C=O) groups is 1. The third-order valence-corrected chi connectivity index (χ3v) is 3.46. The number of Topliss-reactive ketones (excluding diaryl/α,β-unsaturated/α-hetero) is 1. The van der Waals surface area contributed by atoms with Crippen LogP contribution < -0.4 is 9.47 Å². The van der Waals surface area contributed by atoms with Crippen LogP contribution in [0.5, 0.6) is 11.5 Å². The maximum absolute atomic E-state index is 12.1. The number of thiophene rings is 1. The lowest BCUT2D eigenvalue weighted by molar-refractivity contribution is 0.0993. The molecular formula is C14H14O3S.